The summed E-state index contributed by atoms with van der Waals surface area (Å²) in [6.07, 6.45) is 3.36. The molecule has 1 heterocycles. The van der Waals surface area contributed by atoms with Gasteiger partial charge in [-0.25, -0.2) is 0 Å². The van der Waals surface area contributed by atoms with Gasteiger partial charge in [0.1, 0.15) is 0 Å². The molecule has 0 spiro atoms. The van der Waals surface area contributed by atoms with E-state index in [0.29, 0.717) is 0 Å². The van der Waals surface area contributed by atoms with Gasteiger partial charge in [0.25, 0.3) is 0 Å². The highest BCUT2D eigenvalue weighted by atomic mass is 32.2. The quantitative estimate of drug-likeness (QED) is 0.355. The summed E-state index contributed by atoms with van der Waals surface area (Å²) in [5.74, 6) is 0. The van der Waals surface area contributed by atoms with Crippen LogP contribution in [0, 0.1) is 0 Å². The van der Waals surface area contributed by atoms with Crippen molar-refractivity contribution < 1.29 is 9.94 Å². The van der Waals surface area contributed by atoms with E-state index in [1.54, 1.807) is 18.9 Å². The number of oxime groups is 1. The van der Waals surface area contributed by atoms with Crippen molar-refractivity contribution in [1.29, 1.82) is 0 Å². The molecular weight excluding hydrogens is 194 g/mol. The molecule has 0 aliphatic heterocycles. The number of hydrogen-bond acceptors (Lipinski definition) is 5. The van der Waals surface area contributed by atoms with E-state index in [2.05, 4.69) is 5.16 Å². The molecule has 0 unspecified atom stereocenters. The average molecular weight is 203 g/mol. The van der Waals surface area contributed by atoms with Gasteiger partial charge < -0.3 is 9.94 Å². The fourth-order valence-electron chi connectivity index (χ4n) is 0.778. The van der Waals surface area contributed by atoms with E-state index in [4.69, 9.17) is 9.94 Å². The van der Waals surface area contributed by atoms with Crippen LogP contribution in [0.15, 0.2) is 15.4 Å². The van der Waals surface area contributed by atoms with Crippen LogP contribution in [0.3, 0.4) is 0 Å². The van der Waals surface area contributed by atoms with Crippen LogP contribution in [0.25, 0.3) is 0 Å². The molecule has 1 rings (SSSR count). The molecule has 0 bridgehead atoms. The van der Waals surface area contributed by atoms with Crippen LogP contribution in [0.2, 0.25) is 0 Å². The first-order valence-corrected chi connectivity index (χ1v) is 5.25. The Bertz CT molecular complexity index is 283. The lowest BCUT2D eigenvalue weighted by Crippen LogP contribution is -1.83. The summed E-state index contributed by atoms with van der Waals surface area (Å²) in [7, 11) is 1.60. The van der Waals surface area contributed by atoms with Crippen molar-refractivity contribution in [2.45, 2.75) is 4.21 Å². The molecule has 12 heavy (non-hydrogen) atoms. The Kier molecular flexibility index (Phi) is 3.43. The van der Waals surface area contributed by atoms with E-state index < -0.39 is 0 Å². The third-order valence-corrected chi connectivity index (χ3v) is 3.46. The second-order valence-electron chi connectivity index (χ2n) is 1.96. The second kappa shape index (κ2) is 4.37. The fourth-order valence-corrected chi connectivity index (χ4v) is 2.26. The highest BCUT2D eigenvalue weighted by Gasteiger charge is 2.06. The zero-order chi connectivity index (χ0) is 8.97. The molecule has 0 amide bonds. The predicted octanol–water partition coefficient (Wildman–Crippen LogP) is 2.29. The SMILES string of the molecule is COc1sc(SC)cc1/C=N\O. The van der Waals surface area contributed by atoms with Gasteiger partial charge in [-0.2, -0.15) is 0 Å². The maximum Gasteiger partial charge on any atom is 0.183 e. The Morgan fingerprint density at radius 2 is 2.50 bits per heavy atom. The zero-order valence-corrected chi connectivity index (χ0v) is 8.41. The molecule has 0 saturated carbocycles. The Morgan fingerprint density at radius 1 is 1.75 bits per heavy atom. The van der Waals surface area contributed by atoms with Crippen molar-refractivity contribution in [2.24, 2.45) is 5.16 Å². The van der Waals surface area contributed by atoms with Gasteiger partial charge >= 0.3 is 0 Å². The highest BCUT2D eigenvalue weighted by molar-refractivity contribution is 8.00. The minimum atomic E-state index is 0.775. The van der Waals surface area contributed by atoms with Crippen LogP contribution in [-0.2, 0) is 0 Å². The molecule has 0 atom stereocenters. The first kappa shape index (κ1) is 9.41. The van der Waals surface area contributed by atoms with E-state index in [9.17, 15) is 0 Å². The largest absolute Gasteiger partial charge is 0.487 e. The summed E-state index contributed by atoms with van der Waals surface area (Å²) in [5.41, 5.74) is 0.814. The van der Waals surface area contributed by atoms with Gasteiger partial charge in [-0.05, 0) is 12.3 Å². The maximum atomic E-state index is 8.33. The molecule has 0 radical (unpaired) electrons. The first-order valence-electron chi connectivity index (χ1n) is 3.21. The third kappa shape index (κ3) is 1.92. The van der Waals surface area contributed by atoms with E-state index in [-0.39, 0.29) is 0 Å². The van der Waals surface area contributed by atoms with Crippen LogP contribution in [-0.4, -0.2) is 24.8 Å². The number of methoxy groups -OCH3 is 1. The molecular formula is C7H9NO2S2. The number of ether oxygens (including phenoxy) is 1. The molecule has 0 aliphatic rings. The molecule has 1 N–H and O–H groups in total. The lowest BCUT2D eigenvalue weighted by atomic mass is 10.4. The Morgan fingerprint density at radius 3 is 3.00 bits per heavy atom. The van der Waals surface area contributed by atoms with Crippen molar-refractivity contribution in [3.05, 3.63) is 11.6 Å². The fraction of sp³-hybridized carbons (Fsp3) is 0.286. The van der Waals surface area contributed by atoms with Crippen LogP contribution in [0.1, 0.15) is 5.56 Å². The second-order valence-corrected chi connectivity index (χ2v) is 4.08. The Balaban J connectivity index is 2.99. The molecule has 3 nitrogen and oxygen atoms in total. The van der Waals surface area contributed by atoms with Gasteiger partial charge in [0.05, 0.1) is 23.1 Å². The summed E-state index contributed by atoms with van der Waals surface area (Å²) in [5, 5.41) is 12.1. The van der Waals surface area contributed by atoms with E-state index in [0.717, 1.165) is 14.8 Å². The monoisotopic (exact) mass is 203 g/mol. The summed E-state index contributed by atoms with van der Waals surface area (Å²) >= 11 is 3.18. The molecule has 1 aromatic rings. The van der Waals surface area contributed by atoms with Crippen LogP contribution < -0.4 is 4.74 Å². The third-order valence-electron chi connectivity index (χ3n) is 1.29. The summed E-state index contributed by atoms with van der Waals surface area (Å²) in [6.45, 7) is 0. The Hall–Kier alpha value is -0.680. The van der Waals surface area contributed by atoms with Gasteiger partial charge in [0.2, 0.25) is 0 Å². The topological polar surface area (TPSA) is 41.8 Å². The van der Waals surface area contributed by atoms with Gasteiger partial charge in [-0.1, -0.05) is 16.5 Å². The lowest BCUT2D eigenvalue weighted by molar-refractivity contribution is 0.321. The van der Waals surface area contributed by atoms with Crippen molar-refractivity contribution in [3.8, 4) is 5.06 Å². The number of rotatable bonds is 3. The van der Waals surface area contributed by atoms with Gasteiger partial charge in [0, 0.05) is 0 Å². The predicted molar refractivity (Wildman–Crippen MR) is 52.0 cm³/mol. The minimum Gasteiger partial charge on any atom is -0.487 e. The lowest BCUT2D eigenvalue weighted by Gasteiger charge is -1.93. The average Bonchev–Trinajstić information content (AvgIpc) is 2.48. The van der Waals surface area contributed by atoms with Gasteiger partial charge in [0.15, 0.2) is 5.06 Å². The summed E-state index contributed by atoms with van der Waals surface area (Å²) in [6, 6.07) is 1.92. The smallest absolute Gasteiger partial charge is 0.183 e. The maximum absolute atomic E-state index is 8.33. The van der Waals surface area contributed by atoms with Gasteiger partial charge in [-0.3, -0.25) is 0 Å². The van der Waals surface area contributed by atoms with Crippen molar-refractivity contribution in [1.82, 2.24) is 0 Å². The number of hydrogen-bond donors (Lipinski definition) is 1. The molecule has 0 saturated heterocycles. The molecule has 1 aromatic heterocycles. The van der Waals surface area contributed by atoms with Crippen LogP contribution in [0.5, 0.6) is 5.06 Å². The summed E-state index contributed by atoms with van der Waals surface area (Å²) in [4.78, 5) is 0. The van der Waals surface area contributed by atoms with Crippen LogP contribution in [0.4, 0.5) is 0 Å². The molecule has 0 fully saturated rings. The number of thioether (sulfide) groups is 1. The standard InChI is InChI=1S/C7H9NO2S2/c1-10-7-5(4-8-9)3-6(11-2)12-7/h3-4,9H,1-2H3/b8-4-. The van der Waals surface area contributed by atoms with E-state index in [1.165, 1.54) is 17.6 Å². The zero-order valence-electron chi connectivity index (χ0n) is 6.77. The minimum absolute atomic E-state index is 0.775. The summed E-state index contributed by atoms with van der Waals surface area (Å²) < 4.78 is 6.22. The number of nitrogens with zero attached hydrogens (tertiary/aromatic N) is 1. The molecule has 66 valence electrons. The Labute approximate surface area is 79.0 Å². The van der Waals surface area contributed by atoms with Crippen molar-refractivity contribution >= 4 is 29.3 Å². The molecule has 0 aliphatic carbocycles. The van der Waals surface area contributed by atoms with Crippen molar-refractivity contribution in [2.75, 3.05) is 13.4 Å². The normalized spacial score (nSPS) is 10.8. The van der Waals surface area contributed by atoms with Crippen molar-refractivity contribution in [3.63, 3.8) is 0 Å². The molecule has 0 aromatic carbocycles. The number of thiophene rings is 1. The molecule has 5 heteroatoms. The van der Waals surface area contributed by atoms with E-state index >= 15 is 0 Å². The highest BCUT2D eigenvalue weighted by Crippen LogP contribution is 2.34. The first-order chi connectivity index (χ1) is 5.81. The van der Waals surface area contributed by atoms with Gasteiger partial charge in [-0.15, -0.1) is 11.8 Å². The van der Waals surface area contributed by atoms with Crippen LogP contribution >= 0.6 is 23.1 Å². The van der Waals surface area contributed by atoms with E-state index in [1.807, 2.05) is 12.3 Å².